The minimum atomic E-state index is -4.68. The number of alkyl halides is 3. The van der Waals surface area contributed by atoms with Crippen LogP contribution in [0.5, 0.6) is 5.75 Å². The van der Waals surface area contributed by atoms with Crippen molar-refractivity contribution in [3.8, 4) is 5.75 Å². The van der Waals surface area contributed by atoms with E-state index in [9.17, 15) is 17.6 Å². The third-order valence-electron chi connectivity index (χ3n) is 1.47. The van der Waals surface area contributed by atoms with Crippen LogP contribution in [0.4, 0.5) is 17.6 Å². The fraction of sp³-hybridized carbons (Fsp3) is 0.250. The van der Waals surface area contributed by atoms with Gasteiger partial charge < -0.3 is 4.84 Å². The van der Waals surface area contributed by atoms with E-state index >= 15 is 0 Å². The van der Waals surface area contributed by atoms with Gasteiger partial charge in [0, 0.05) is 13.1 Å². The lowest BCUT2D eigenvalue weighted by atomic mass is 10.2. The first kappa shape index (κ1) is 10.8. The molecule has 0 fully saturated rings. The van der Waals surface area contributed by atoms with Crippen LogP contribution in [-0.4, -0.2) is 7.05 Å². The smallest absolute Gasteiger partial charge is 0.409 e. The van der Waals surface area contributed by atoms with Gasteiger partial charge in [-0.3, -0.25) is 0 Å². The zero-order valence-corrected chi connectivity index (χ0v) is 7.15. The van der Waals surface area contributed by atoms with Gasteiger partial charge in [-0.25, -0.2) is 4.39 Å². The highest BCUT2D eigenvalue weighted by Crippen LogP contribution is 2.32. The molecule has 0 aliphatic heterocycles. The molecule has 1 aromatic carbocycles. The predicted octanol–water partition coefficient (Wildman–Crippen LogP) is 2.36. The summed E-state index contributed by atoms with van der Waals surface area (Å²) < 4.78 is 49.1. The normalized spacial score (nSPS) is 11.5. The maximum Gasteiger partial charge on any atom is 0.419 e. The van der Waals surface area contributed by atoms with Gasteiger partial charge >= 0.3 is 6.18 Å². The number of hydrogen-bond acceptors (Lipinski definition) is 2. The summed E-state index contributed by atoms with van der Waals surface area (Å²) in [4.78, 5) is 4.60. The molecule has 0 saturated carbocycles. The molecule has 0 amide bonds. The molecule has 0 unspecified atom stereocenters. The fourth-order valence-electron chi connectivity index (χ4n) is 0.907. The lowest BCUT2D eigenvalue weighted by Gasteiger charge is -2.09. The van der Waals surface area contributed by atoms with Crippen LogP contribution in [0.3, 0.4) is 0 Å². The van der Waals surface area contributed by atoms with Gasteiger partial charge in [0.15, 0.2) is 0 Å². The molecule has 2 nitrogen and oxygen atoms in total. The minimum absolute atomic E-state index is 0.0157. The van der Waals surface area contributed by atoms with Crippen molar-refractivity contribution in [3.63, 3.8) is 0 Å². The molecule has 0 bridgehead atoms. The van der Waals surface area contributed by atoms with E-state index in [2.05, 4.69) is 10.3 Å². The predicted molar refractivity (Wildman–Crippen MR) is 41.1 cm³/mol. The maximum absolute atomic E-state index is 12.8. The van der Waals surface area contributed by atoms with Crippen molar-refractivity contribution in [3.05, 3.63) is 29.6 Å². The highest BCUT2D eigenvalue weighted by Gasteiger charge is 2.33. The summed E-state index contributed by atoms with van der Waals surface area (Å²) in [6.07, 6.45) is -4.68. The summed E-state index contributed by atoms with van der Waals surface area (Å²) in [5.74, 6) is -1.37. The Kier molecular flexibility index (Phi) is 2.95. The Bertz CT molecular complexity index is 324. The number of hydrogen-bond donors (Lipinski definition) is 1. The SMILES string of the molecule is CNOc1ccc(C(F)(F)F)c(F)c1. The molecule has 6 heteroatoms. The van der Waals surface area contributed by atoms with Crippen molar-refractivity contribution in [2.75, 3.05) is 7.05 Å². The average molecular weight is 209 g/mol. The molecule has 78 valence electrons. The standard InChI is InChI=1S/C8H7F4NO/c1-13-14-5-2-3-6(7(9)4-5)8(10,11)12/h2-4,13H,1H3. The van der Waals surface area contributed by atoms with Crippen LogP contribution in [0.2, 0.25) is 0 Å². The van der Waals surface area contributed by atoms with E-state index in [1.54, 1.807) is 0 Å². The maximum atomic E-state index is 12.8. The number of rotatable bonds is 2. The highest BCUT2D eigenvalue weighted by atomic mass is 19.4. The third kappa shape index (κ3) is 2.35. The van der Waals surface area contributed by atoms with E-state index in [1.165, 1.54) is 7.05 Å². The van der Waals surface area contributed by atoms with Crippen molar-refractivity contribution >= 4 is 0 Å². The van der Waals surface area contributed by atoms with Gasteiger partial charge in [-0.1, -0.05) is 0 Å². The Hall–Kier alpha value is -1.30. The van der Waals surface area contributed by atoms with Crippen LogP contribution < -0.4 is 10.3 Å². The molecule has 0 heterocycles. The molecule has 0 aliphatic carbocycles. The quantitative estimate of drug-likeness (QED) is 0.596. The molecule has 1 rings (SSSR count). The molecular weight excluding hydrogens is 202 g/mol. The first-order chi connectivity index (χ1) is 6.45. The van der Waals surface area contributed by atoms with Gasteiger partial charge in [0.25, 0.3) is 0 Å². The largest absolute Gasteiger partial charge is 0.419 e. The molecule has 0 aromatic heterocycles. The van der Waals surface area contributed by atoms with Gasteiger partial charge in [0.05, 0.1) is 5.56 Å². The summed E-state index contributed by atoms with van der Waals surface area (Å²) in [5.41, 5.74) is 0.917. The van der Waals surface area contributed by atoms with E-state index in [1.807, 2.05) is 0 Å². The van der Waals surface area contributed by atoms with Crippen LogP contribution in [0, 0.1) is 5.82 Å². The molecule has 0 saturated heterocycles. The van der Waals surface area contributed by atoms with Crippen LogP contribution in [-0.2, 0) is 6.18 Å². The van der Waals surface area contributed by atoms with E-state index in [0.717, 1.165) is 6.07 Å². The zero-order valence-electron chi connectivity index (χ0n) is 7.15. The molecule has 14 heavy (non-hydrogen) atoms. The second-order valence-corrected chi connectivity index (χ2v) is 2.45. The van der Waals surface area contributed by atoms with Gasteiger partial charge in [-0.2, -0.15) is 18.7 Å². The second-order valence-electron chi connectivity index (χ2n) is 2.45. The number of benzene rings is 1. The third-order valence-corrected chi connectivity index (χ3v) is 1.47. The van der Waals surface area contributed by atoms with E-state index in [0.29, 0.717) is 12.1 Å². The zero-order chi connectivity index (χ0) is 10.8. The fourth-order valence-corrected chi connectivity index (χ4v) is 0.907. The van der Waals surface area contributed by atoms with Crippen molar-refractivity contribution in [2.45, 2.75) is 6.18 Å². The van der Waals surface area contributed by atoms with Crippen molar-refractivity contribution in [1.29, 1.82) is 0 Å². The highest BCUT2D eigenvalue weighted by molar-refractivity contribution is 5.30. The Morgan fingerprint density at radius 2 is 1.93 bits per heavy atom. The Balaban J connectivity index is 3.02. The molecule has 0 spiro atoms. The molecular formula is C8H7F4NO. The Morgan fingerprint density at radius 1 is 1.29 bits per heavy atom. The Morgan fingerprint density at radius 3 is 2.36 bits per heavy atom. The topological polar surface area (TPSA) is 21.3 Å². The molecule has 1 N–H and O–H groups in total. The van der Waals surface area contributed by atoms with Crippen LogP contribution in [0.25, 0.3) is 0 Å². The van der Waals surface area contributed by atoms with E-state index < -0.39 is 17.6 Å². The first-order valence-corrected chi connectivity index (χ1v) is 3.65. The number of hydroxylamine groups is 1. The van der Waals surface area contributed by atoms with Crippen molar-refractivity contribution in [2.24, 2.45) is 0 Å². The molecule has 1 aromatic rings. The van der Waals surface area contributed by atoms with Crippen molar-refractivity contribution < 1.29 is 22.4 Å². The van der Waals surface area contributed by atoms with Crippen LogP contribution >= 0.6 is 0 Å². The molecule has 0 radical (unpaired) electrons. The summed E-state index contributed by atoms with van der Waals surface area (Å²) in [6.45, 7) is 0. The lowest BCUT2D eigenvalue weighted by Crippen LogP contribution is -2.12. The summed E-state index contributed by atoms with van der Waals surface area (Å²) >= 11 is 0. The monoisotopic (exact) mass is 209 g/mol. The Labute approximate surface area is 77.4 Å². The minimum Gasteiger partial charge on any atom is -0.409 e. The second kappa shape index (κ2) is 3.83. The summed E-state index contributed by atoms with van der Waals surface area (Å²) in [6, 6.07) is 2.32. The summed E-state index contributed by atoms with van der Waals surface area (Å²) in [7, 11) is 1.41. The van der Waals surface area contributed by atoms with Crippen LogP contribution in [0.1, 0.15) is 5.56 Å². The number of nitrogens with one attached hydrogen (secondary N) is 1. The first-order valence-electron chi connectivity index (χ1n) is 3.65. The van der Waals surface area contributed by atoms with Gasteiger partial charge in [-0.15, -0.1) is 0 Å². The lowest BCUT2D eigenvalue weighted by molar-refractivity contribution is -0.140. The van der Waals surface area contributed by atoms with Crippen LogP contribution in [0.15, 0.2) is 18.2 Å². The van der Waals surface area contributed by atoms with Gasteiger partial charge in [0.2, 0.25) is 0 Å². The molecule has 0 aliphatic rings. The number of halogens is 4. The van der Waals surface area contributed by atoms with Gasteiger partial charge in [0.1, 0.15) is 11.6 Å². The molecule has 0 atom stereocenters. The summed E-state index contributed by atoms with van der Waals surface area (Å²) in [5, 5.41) is 0. The van der Waals surface area contributed by atoms with Crippen molar-refractivity contribution in [1.82, 2.24) is 5.48 Å². The van der Waals surface area contributed by atoms with E-state index in [-0.39, 0.29) is 5.75 Å². The van der Waals surface area contributed by atoms with Gasteiger partial charge in [-0.05, 0) is 12.1 Å². The van der Waals surface area contributed by atoms with E-state index in [4.69, 9.17) is 0 Å². The average Bonchev–Trinajstić information content (AvgIpc) is 2.02.